The van der Waals surface area contributed by atoms with Crippen LogP contribution >= 0.6 is 0 Å². The third-order valence-electron chi connectivity index (χ3n) is 2.96. The van der Waals surface area contributed by atoms with E-state index in [0.29, 0.717) is 12.5 Å². The van der Waals surface area contributed by atoms with Crippen LogP contribution in [0, 0.1) is 17.0 Å². The van der Waals surface area contributed by atoms with Crippen LogP contribution in [-0.2, 0) is 9.59 Å². The van der Waals surface area contributed by atoms with E-state index in [-0.39, 0.29) is 12.2 Å². The summed E-state index contributed by atoms with van der Waals surface area (Å²) in [7, 11) is 0. The van der Waals surface area contributed by atoms with Crippen LogP contribution in [0.25, 0.3) is 0 Å². The number of rotatable bonds is 5. The van der Waals surface area contributed by atoms with Gasteiger partial charge in [-0.2, -0.15) is 0 Å². The zero-order valence-corrected chi connectivity index (χ0v) is 12.7. The molecule has 7 heteroatoms. The van der Waals surface area contributed by atoms with Crippen molar-refractivity contribution >= 4 is 17.5 Å². The Morgan fingerprint density at radius 3 is 2.45 bits per heavy atom. The third kappa shape index (κ3) is 5.77. The molecule has 0 heterocycles. The Morgan fingerprint density at radius 2 is 1.91 bits per heavy atom. The van der Waals surface area contributed by atoms with Gasteiger partial charge in [-0.3, -0.25) is 9.59 Å². The zero-order chi connectivity index (χ0) is 16.9. The number of carbonyl (C=O) groups excluding carboxylic acids is 2. The SMILES string of the molecule is CC(O)CC(C)(C)CNC(=O)C(=O)Nc1ccc(F)cc1F. The van der Waals surface area contributed by atoms with E-state index in [1.165, 1.54) is 0 Å². The Balaban J connectivity index is 2.57. The first-order chi connectivity index (χ1) is 10.1. The van der Waals surface area contributed by atoms with Crippen LogP contribution in [0.2, 0.25) is 0 Å². The monoisotopic (exact) mass is 314 g/mol. The van der Waals surface area contributed by atoms with Gasteiger partial charge in [0.05, 0.1) is 11.8 Å². The van der Waals surface area contributed by atoms with E-state index in [9.17, 15) is 23.5 Å². The molecule has 1 aromatic carbocycles. The second-order valence-electron chi connectivity index (χ2n) is 5.98. The van der Waals surface area contributed by atoms with E-state index in [1.807, 2.05) is 13.8 Å². The molecular formula is C15H20F2N2O3. The first kappa shape index (κ1) is 18.0. The molecular weight excluding hydrogens is 294 g/mol. The van der Waals surface area contributed by atoms with Crippen LogP contribution < -0.4 is 10.6 Å². The van der Waals surface area contributed by atoms with Gasteiger partial charge >= 0.3 is 11.8 Å². The maximum absolute atomic E-state index is 13.4. The summed E-state index contributed by atoms with van der Waals surface area (Å²) in [5.74, 6) is -3.71. The molecule has 22 heavy (non-hydrogen) atoms. The summed E-state index contributed by atoms with van der Waals surface area (Å²) < 4.78 is 26.1. The van der Waals surface area contributed by atoms with Crippen molar-refractivity contribution in [2.75, 3.05) is 11.9 Å². The van der Waals surface area contributed by atoms with Crippen molar-refractivity contribution in [3.8, 4) is 0 Å². The summed E-state index contributed by atoms with van der Waals surface area (Å²) in [6.07, 6.45) is -0.0874. The molecule has 0 saturated heterocycles. The van der Waals surface area contributed by atoms with Crippen LogP contribution in [-0.4, -0.2) is 29.6 Å². The summed E-state index contributed by atoms with van der Waals surface area (Å²) in [5.41, 5.74) is -0.671. The Morgan fingerprint density at radius 1 is 1.27 bits per heavy atom. The second-order valence-corrected chi connectivity index (χ2v) is 5.98. The Kier molecular flexibility index (Phi) is 5.99. The molecule has 0 spiro atoms. The largest absolute Gasteiger partial charge is 0.393 e. The number of carbonyl (C=O) groups is 2. The number of benzene rings is 1. The molecule has 1 unspecified atom stereocenters. The standard InChI is InChI=1S/C15H20F2N2O3/c1-9(20)7-15(2,3)8-18-13(21)14(22)19-12-5-4-10(16)6-11(12)17/h4-6,9,20H,7-8H2,1-3H3,(H,18,21)(H,19,22). The van der Waals surface area contributed by atoms with E-state index in [0.717, 1.165) is 12.1 Å². The van der Waals surface area contributed by atoms with E-state index in [1.54, 1.807) is 6.92 Å². The molecule has 3 N–H and O–H groups in total. The average Bonchev–Trinajstić information content (AvgIpc) is 2.37. The first-order valence-corrected chi connectivity index (χ1v) is 6.83. The highest BCUT2D eigenvalue weighted by atomic mass is 19.1. The Bertz CT molecular complexity index is 560. The van der Waals surface area contributed by atoms with Crippen LogP contribution in [0.5, 0.6) is 0 Å². The quantitative estimate of drug-likeness (QED) is 0.725. The molecule has 0 bridgehead atoms. The molecule has 0 aliphatic carbocycles. The van der Waals surface area contributed by atoms with E-state index in [2.05, 4.69) is 10.6 Å². The van der Waals surface area contributed by atoms with Crippen molar-refractivity contribution in [3.05, 3.63) is 29.8 Å². The topological polar surface area (TPSA) is 78.4 Å². The minimum absolute atomic E-state index is 0.177. The minimum Gasteiger partial charge on any atom is -0.393 e. The Hall–Kier alpha value is -2.02. The van der Waals surface area contributed by atoms with E-state index < -0.39 is 35.0 Å². The number of aliphatic hydroxyl groups is 1. The summed E-state index contributed by atoms with van der Waals surface area (Å²) in [5, 5.41) is 13.8. The Labute approximate surface area is 127 Å². The predicted octanol–water partition coefficient (Wildman–Crippen LogP) is 1.82. The number of nitrogens with one attached hydrogen (secondary N) is 2. The maximum atomic E-state index is 13.4. The minimum atomic E-state index is -1.04. The van der Waals surface area contributed by atoms with Gasteiger partial charge in [0.1, 0.15) is 11.6 Å². The van der Waals surface area contributed by atoms with Gasteiger partial charge in [0.2, 0.25) is 0 Å². The smallest absolute Gasteiger partial charge is 0.313 e. The molecule has 0 aliphatic heterocycles. The number of aliphatic hydroxyl groups excluding tert-OH is 1. The van der Waals surface area contributed by atoms with Crippen molar-refractivity contribution in [2.24, 2.45) is 5.41 Å². The van der Waals surface area contributed by atoms with E-state index >= 15 is 0 Å². The summed E-state index contributed by atoms with van der Waals surface area (Å²) >= 11 is 0. The van der Waals surface area contributed by atoms with Crippen LogP contribution in [0.4, 0.5) is 14.5 Å². The normalized spacial score (nSPS) is 12.6. The molecule has 5 nitrogen and oxygen atoms in total. The highest BCUT2D eigenvalue weighted by Crippen LogP contribution is 2.21. The van der Waals surface area contributed by atoms with Gasteiger partial charge in [0.25, 0.3) is 0 Å². The van der Waals surface area contributed by atoms with Gasteiger partial charge < -0.3 is 15.7 Å². The molecule has 0 aromatic heterocycles. The maximum Gasteiger partial charge on any atom is 0.313 e. The lowest BCUT2D eigenvalue weighted by Gasteiger charge is -2.26. The van der Waals surface area contributed by atoms with Crippen molar-refractivity contribution < 1.29 is 23.5 Å². The molecule has 1 aromatic rings. The van der Waals surface area contributed by atoms with Gasteiger partial charge in [-0.25, -0.2) is 8.78 Å². The predicted molar refractivity (Wildman–Crippen MR) is 78.1 cm³/mol. The lowest BCUT2D eigenvalue weighted by Crippen LogP contribution is -2.41. The van der Waals surface area contributed by atoms with Crippen molar-refractivity contribution in [3.63, 3.8) is 0 Å². The van der Waals surface area contributed by atoms with Crippen molar-refractivity contribution in [1.29, 1.82) is 0 Å². The molecule has 0 radical (unpaired) electrons. The molecule has 122 valence electrons. The van der Waals surface area contributed by atoms with Crippen LogP contribution in [0.15, 0.2) is 18.2 Å². The fraction of sp³-hybridized carbons (Fsp3) is 0.467. The molecule has 1 rings (SSSR count). The molecule has 0 fully saturated rings. The number of amides is 2. The fourth-order valence-corrected chi connectivity index (χ4v) is 2.04. The van der Waals surface area contributed by atoms with Gasteiger partial charge in [-0.1, -0.05) is 13.8 Å². The van der Waals surface area contributed by atoms with Crippen molar-refractivity contribution in [1.82, 2.24) is 5.32 Å². The lowest BCUT2D eigenvalue weighted by atomic mass is 9.87. The summed E-state index contributed by atoms with van der Waals surface area (Å²) in [4.78, 5) is 23.3. The summed E-state index contributed by atoms with van der Waals surface area (Å²) in [6, 6.07) is 2.62. The van der Waals surface area contributed by atoms with Crippen LogP contribution in [0.3, 0.4) is 0 Å². The highest BCUT2D eigenvalue weighted by molar-refractivity contribution is 6.39. The lowest BCUT2D eigenvalue weighted by molar-refractivity contribution is -0.136. The molecule has 0 saturated carbocycles. The van der Waals surface area contributed by atoms with Gasteiger partial charge in [0, 0.05) is 12.6 Å². The van der Waals surface area contributed by atoms with Crippen LogP contribution in [0.1, 0.15) is 27.2 Å². The average molecular weight is 314 g/mol. The number of anilines is 1. The number of hydrogen-bond acceptors (Lipinski definition) is 3. The van der Waals surface area contributed by atoms with Gasteiger partial charge in [-0.05, 0) is 30.9 Å². The van der Waals surface area contributed by atoms with Gasteiger partial charge in [-0.15, -0.1) is 0 Å². The number of halogens is 2. The molecule has 2 amide bonds. The zero-order valence-electron chi connectivity index (χ0n) is 12.7. The van der Waals surface area contributed by atoms with E-state index in [4.69, 9.17) is 0 Å². The number of hydrogen-bond donors (Lipinski definition) is 3. The fourth-order valence-electron chi connectivity index (χ4n) is 2.04. The van der Waals surface area contributed by atoms with Crippen molar-refractivity contribution in [2.45, 2.75) is 33.3 Å². The summed E-state index contributed by atoms with van der Waals surface area (Å²) in [6.45, 7) is 5.47. The second kappa shape index (κ2) is 7.31. The first-order valence-electron chi connectivity index (χ1n) is 6.83. The molecule has 0 aliphatic rings. The highest BCUT2D eigenvalue weighted by Gasteiger charge is 2.23. The third-order valence-corrected chi connectivity index (χ3v) is 2.96. The van der Waals surface area contributed by atoms with Gasteiger partial charge in [0.15, 0.2) is 0 Å². The molecule has 1 atom stereocenters.